The van der Waals surface area contributed by atoms with Crippen LogP contribution in [0.4, 0.5) is 10.5 Å². The van der Waals surface area contributed by atoms with Crippen LogP contribution in [-0.4, -0.2) is 11.7 Å². The Morgan fingerprint density at radius 1 is 1.32 bits per heavy atom. The third-order valence-corrected chi connectivity index (χ3v) is 4.84. The summed E-state index contributed by atoms with van der Waals surface area (Å²) in [7, 11) is 0. The van der Waals surface area contributed by atoms with Gasteiger partial charge in [-0.05, 0) is 62.8 Å². The number of nitrogens with two attached hydrogens (primary N) is 1. The van der Waals surface area contributed by atoms with Crippen molar-refractivity contribution in [2.45, 2.75) is 58.1 Å². The lowest BCUT2D eigenvalue weighted by atomic mass is 9.85. The van der Waals surface area contributed by atoms with Crippen LogP contribution in [0.1, 0.15) is 52.5 Å². The molecule has 0 bridgehead atoms. The second-order valence-electron chi connectivity index (χ2n) is 8.36. The van der Waals surface area contributed by atoms with E-state index in [0.717, 1.165) is 24.8 Å². The summed E-state index contributed by atoms with van der Waals surface area (Å²) in [4.78, 5) is 12.5. The summed E-state index contributed by atoms with van der Waals surface area (Å²) in [6, 6.07) is 7.82. The number of carbonyl (C=O) groups excluding carboxylic acids is 1. The van der Waals surface area contributed by atoms with Crippen molar-refractivity contribution >= 4 is 11.8 Å². The smallest absolute Gasteiger partial charge is 0.408 e. The van der Waals surface area contributed by atoms with E-state index in [9.17, 15) is 4.79 Å². The summed E-state index contributed by atoms with van der Waals surface area (Å²) in [5.41, 5.74) is 9.49. The fourth-order valence-corrected chi connectivity index (χ4v) is 3.81. The van der Waals surface area contributed by atoms with Crippen molar-refractivity contribution < 1.29 is 9.53 Å². The highest BCUT2D eigenvalue weighted by molar-refractivity contribution is 5.70. The lowest BCUT2D eigenvalue weighted by Crippen LogP contribution is -2.46. The van der Waals surface area contributed by atoms with Crippen LogP contribution in [0.3, 0.4) is 0 Å². The number of alkyl carbamates (subject to hydrolysis) is 1. The topological polar surface area (TPSA) is 64.3 Å². The largest absolute Gasteiger partial charge is 0.444 e. The average Bonchev–Trinajstić information content (AvgIpc) is 2.83. The van der Waals surface area contributed by atoms with Crippen molar-refractivity contribution in [3.8, 4) is 0 Å². The van der Waals surface area contributed by atoms with Gasteiger partial charge in [-0.3, -0.25) is 0 Å². The van der Waals surface area contributed by atoms with Crippen LogP contribution in [-0.2, 0) is 10.3 Å². The average molecular weight is 340 g/mol. The van der Waals surface area contributed by atoms with Crippen LogP contribution in [0, 0.1) is 5.92 Å². The third-order valence-electron chi connectivity index (χ3n) is 4.84. The van der Waals surface area contributed by atoms with Gasteiger partial charge in [0.2, 0.25) is 0 Å². The lowest BCUT2D eigenvalue weighted by molar-refractivity contribution is 0.0455. The molecule has 0 aromatic heterocycles. The van der Waals surface area contributed by atoms with Gasteiger partial charge in [0.05, 0.1) is 5.54 Å². The molecular formula is C21H28N2O2. The quantitative estimate of drug-likeness (QED) is 0.769. The second-order valence-corrected chi connectivity index (χ2v) is 8.36. The maximum atomic E-state index is 12.5. The Kier molecular flexibility index (Phi) is 4.40. The van der Waals surface area contributed by atoms with Gasteiger partial charge in [-0.1, -0.05) is 36.8 Å². The zero-order valence-electron chi connectivity index (χ0n) is 15.6. The van der Waals surface area contributed by atoms with Crippen molar-refractivity contribution in [3.05, 3.63) is 53.1 Å². The number of carbonyl (C=O) groups is 1. The van der Waals surface area contributed by atoms with Gasteiger partial charge in [0, 0.05) is 12.1 Å². The van der Waals surface area contributed by atoms with Crippen molar-refractivity contribution in [1.82, 2.24) is 5.32 Å². The molecule has 25 heavy (non-hydrogen) atoms. The molecule has 2 unspecified atom stereocenters. The van der Waals surface area contributed by atoms with E-state index in [-0.39, 0.29) is 6.09 Å². The highest BCUT2D eigenvalue weighted by atomic mass is 16.6. The summed E-state index contributed by atoms with van der Waals surface area (Å²) in [5.74, 6) is 0.539. The first-order chi connectivity index (χ1) is 11.7. The lowest BCUT2D eigenvalue weighted by Gasteiger charge is -2.33. The first-order valence-electron chi connectivity index (χ1n) is 8.93. The van der Waals surface area contributed by atoms with Gasteiger partial charge >= 0.3 is 6.09 Å². The van der Waals surface area contributed by atoms with E-state index >= 15 is 0 Å². The molecule has 3 rings (SSSR count). The van der Waals surface area contributed by atoms with Crippen LogP contribution in [0.15, 0.2) is 47.6 Å². The normalized spacial score (nSPS) is 25.7. The first-order valence-corrected chi connectivity index (χ1v) is 8.93. The van der Waals surface area contributed by atoms with Gasteiger partial charge in [-0.25, -0.2) is 4.79 Å². The van der Waals surface area contributed by atoms with Crippen LogP contribution in [0.25, 0.3) is 0 Å². The molecule has 3 N–H and O–H groups in total. The van der Waals surface area contributed by atoms with E-state index in [4.69, 9.17) is 10.5 Å². The summed E-state index contributed by atoms with van der Waals surface area (Å²) in [5, 5.41) is 3.17. The summed E-state index contributed by atoms with van der Waals surface area (Å²) < 4.78 is 5.53. The Labute approximate surface area is 150 Å². The van der Waals surface area contributed by atoms with Gasteiger partial charge in [-0.15, -0.1) is 0 Å². The first kappa shape index (κ1) is 17.6. The number of amides is 1. The zero-order chi connectivity index (χ0) is 18.2. The number of nitrogen functional groups attached to an aromatic ring is 1. The number of ether oxygens (including phenoxy) is 1. The fourth-order valence-electron chi connectivity index (χ4n) is 3.81. The Hall–Kier alpha value is -2.23. The van der Waals surface area contributed by atoms with Crippen LogP contribution in [0.5, 0.6) is 0 Å². The summed E-state index contributed by atoms with van der Waals surface area (Å²) in [6.45, 7) is 7.86. The Morgan fingerprint density at radius 3 is 2.76 bits per heavy atom. The SMILES string of the molecule is CC1C=CC2=C(C1)CC(NC(=O)OC(C)(C)C)(c1cccc(N)c1)C2. The van der Waals surface area contributed by atoms with E-state index in [0.29, 0.717) is 11.6 Å². The number of allylic oxidation sites excluding steroid dienone is 2. The highest BCUT2D eigenvalue weighted by Crippen LogP contribution is 2.47. The molecule has 0 aliphatic heterocycles. The predicted octanol–water partition coefficient (Wildman–Crippen LogP) is 4.68. The minimum Gasteiger partial charge on any atom is -0.444 e. The van der Waals surface area contributed by atoms with Crippen molar-refractivity contribution in [1.29, 1.82) is 0 Å². The van der Waals surface area contributed by atoms with Gasteiger partial charge in [-0.2, -0.15) is 0 Å². The fraction of sp³-hybridized carbons (Fsp3) is 0.476. The molecule has 0 saturated heterocycles. The molecule has 1 aromatic carbocycles. The molecule has 1 aromatic rings. The molecule has 2 atom stereocenters. The Balaban J connectivity index is 1.91. The van der Waals surface area contributed by atoms with Crippen LogP contribution in [0.2, 0.25) is 0 Å². The zero-order valence-corrected chi connectivity index (χ0v) is 15.6. The minimum atomic E-state index is -0.527. The predicted molar refractivity (Wildman–Crippen MR) is 101 cm³/mol. The number of anilines is 1. The highest BCUT2D eigenvalue weighted by Gasteiger charge is 2.42. The molecule has 0 saturated carbocycles. The van der Waals surface area contributed by atoms with Gasteiger partial charge in [0.25, 0.3) is 0 Å². The van der Waals surface area contributed by atoms with E-state index in [1.165, 1.54) is 11.1 Å². The van der Waals surface area contributed by atoms with Gasteiger partial charge < -0.3 is 15.8 Å². The Morgan fingerprint density at radius 2 is 2.08 bits per heavy atom. The maximum absolute atomic E-state index is 12.5. The molecule has 4 nitrogen and oxygen atoms in total. The minimum absolute atomic E-state index is 0.383. The number of hydrogen-bond acceptors (Lipinski definition) is 3. The molecule has 4 heteroatoms. The van der Waals surface area contributed by atoms with E-state index in [2.05, 4.69) is 24.4 Å². The molecule has 1 amide bonds. The molecule has 2 aliphatic carbocycles. The molecule has 0 heterocycles. The van der Waals surface area contributed by atoms with Gasteiger partial charge in [0.1, 0.15) is 5.60 Å². The molecular weight excluding hydrogens is 312 g/mol. The Bertz CT molecular complexity index is 743. The molecule has 0 spiro atoms. The molecule has 0 fully saturated rings. The number of benzene rings is 1. The number of rotatable bonds is 2. The van der Waals surface area contributed by atoms with Crippen LogP contribution >= 0.6 is 0 Å². The van der Waals surface area contributed by atoms with Crippen molar-refractivity contribution in [2.24, 2.45) is 5.92 Å². The summed E-state index contributed by atoms with van der Waals surface area (Å²) >= 11 is 0. The molecule has 0 radical (unpaired) electrons. The molecule has 134 valence electrons. The monoisotopic (exact) mass is 340 g/mol. The third kappa shape index (κ3) is 3.89. The van der Waals surface area contributed by atoms with Crippen LogP contribution < -0.4 is 11.1 Å². The number of hydrogen-bond donors (Lipinski definition) is 2. The van der Waals surface area contributed by atoms with E-state index in [1.54, 1.807) is 0 Å². The van der Waals surface area contributed by atoms with Crippen molar-refractivity contribution in [3.63, 3.8) is 0 Å². The second kappa shape index (κ2) is 6.25. The number of nitrogens with one attached hydrogen (secondary N) is 1. The van der Waals surface area contributed by atoms with E-state index in [1.807, 2.05) is 45.0 Å². The van der Waals surface area contributed by atoms with E-state index < -0.39 is 11.1 Å². The van der Waals surface area contributed by atoms with Gasteiger partial charge in [0.15, 0.2) is 0 Å². The maximum Gasteiger partial charge on any atom is 0.408 e. The molecule has 2 aliphatic rings. The van der Waals surface area contributed by atoms with Crippen molar-refractivity contribution in [2.75, 3.05) is 5.73 Å². The standard InChI is InChI=1S/C21H28N2O2/c1-14-8-9-15-12-21(13-16(15)10-14,17-6-5-7-18(22)11-17)23-19(24)25-20(2,3)4/h5-9,11,14H,10,12-13,22H2,1-4H3,(H,23,24). The summed E-state index contributed by atoms with van der Waals surface area (Å²) in [6.07, 6.45) is 6.71.